The Bertz CT molecular complexity index is 428. The molecular weight excluding hydrogens is 218 g/mol. The van der Waals surface area contributed by atoms with Crippen molar-refractivity contribution in [2.24, 2.45) is 0 Å². The highest BCUT2D eigenvalue weighted by Crippen LogP contribution is 2.31. The molecule has 2 rings (SSSR count). The van der Waals surface area contributed by atoms with Crippen LogP contribution in [-0.2, 0) is 0 Å². The van der Waals surface area contributed by atoms with E-state index < -0.39 is 0 Å². The molecule has 1 aromatic rings. The van der Waals surface area contributed by atoms with Gasteiger partial charge < -0.3 is 4.74 Å². The van der Waals surface area contributed by atoms with Crippen LogP contribution in [0.1, 0.15) is 24.3 Å². The molecule has 1 unspecified atom stereocenters. The predicted molar refractivity (Wildman–Crippen MR) is 64.9 cm³/mol. The Labute approximate surface area is 100 Å². The molecule has 0 saturated carbocycles. The number of nitro groups is 1. The highest BCUT2D eigenvalue weighted by atomic mass is 16.6. The molecule has 17 heavy (non-hydrogen) atoms. The Balaban J connectivity index is 2.30. The first kappa shape index (κ1) is 11.6. The standard InChI is InChI=1S/C13H15NO3/c15-14(16)10-11-6-2-1-5-9-17-13-8-4-3-7-12(11)13/h1,3-5,7-8,11H,2,6,9-10H2/b5-1-. The van der Waals surface area contributed by atoms with Gasteiger partial charge in [-0.15, -0.1) is 0 Å². The van der Waals surface area contributed by atoms with Gasteiger partial charge >= 0.3 is 0 Å². The number of nitrogens with zero attached hydrogens (tertiary/aromatic N) is 1. The maximum Gasteiger partial charge on any atom is 0.210 e. The van der Waals surface area contributed by atoms with Crippen molar-refractivity contribution in [1.82, 2.24) is 0 Å². The first-order valence-electron chi connectivity index (χ1n) is 5.76. The van der Waals surface area contributed by atoms with Crippen LogP contribution in [0.25, 0.3) is 0 Å². The second-order valence-corrected chi connectivity index (χ2v) is 4.11. The van der Waals surface area contributed by atoms with E-state index in [1.54, 1.807) is 0 Å². The normalized spacial score (nSPS) is 21.3. The Morgan fingerprint density at radius 2 is 2.18 bits per heavy atom. The van der Waals surface area contributed by atoms with Crippen LogP contribution in [0.3, 0.4) is 0 Å². The van der Waals surface area contributed by atoms with Crippen molar-refractivity contribution in [2.75, 3.05) is 13.2 Å². The monoisotopic (exact) mass is 233 g/mol. The first-order chi connectivity index (χ1) is 8.27. The first-order valence-corrected chi connectivity index (χ1v) is 5.76. The largest absolute Gasteiger partial charge is 0.489 e. The lowest BCUT2D eigenvalue weighted by Gasteiger charge is -2.15. The maximum atomic E-state index is 10.7. The van der Waals surface area contributed by atoms with Gasteiger partial charge in [-0.1, -0.05) is 30.4 Å². The van der Waals surface area contributed by atoms with Crippen LogP contribution in [0.4, 0.5) is 0 Å². The molecule has 1 heterocycles. The lowest BCUT2D eigenvalue weighted by Crippen LogP contribution is -2.13. The van der Waals surface area contributed by atoms with Crippen LogP contribution < -0.4 is 4.74 Å². The summed E-state index contributed by atoms with van der Waals surface area (Å²) in [5.74, 6) is 0.704. The maximum absolute atomic E-state index is 10.7. The Morgan fingerprint density at radius 1 is 1.35 bits per heavy atom. The second kappa shape index (κ2) is 5.48. The number of ether oxygens (including phenoxy) is 1. The predicted octanol–water partition coefficient (Wildman–Crippen LogP) is 2.78. The molecule has 0 spiro atoms. The van der Waals surface area contributed by atoms with E-state index in [1.807, 2.05) is 36.4 Å². The van der Waals surface area contributed by atoms with Crippen LogP contribution >= 0.6 is 0 Å². The third-order valence-electron chi connectivity index (χ3n) is 2.91. The van der Waals surface area contributed by atoms with Gasteiger partial charge in [0.25, 0.3) is 0 Å². The number of benzene rings is 1. The van der Waals surface area contributed by atoms with Crippen LogP contribution in [0.5, 0.6) is 5.75 Å². The lowest BCUT2D eigenvalue weighted by molar-refractivity contribution is -0.483. The zero-order valence-corrected chi connectivity index (χ0v) is 9.54. The molecule has 0 amide bonds. The fourth-order valence-electron chi connectivity index (χ4n) is 2.10. The summed E-state index contributed by atoms with van der Waals surface area (Å²) in [7, 11) is 0. The molecule has 1 aromatic carbocycles. The molecule has 4 nitrogen and oxygen atoms in total. The van der Waals surface area contributed by atoms with Gasteiger partial charge in [-0.3, -0.25) is 10.1 Å². The van der Waals surface area contributed by atoms with E-state index in [0.717, 1.165) is 24.2 Å². The highest BCUT2D eigenvalue weighted by Gasteiger charge is 2.21. The zero-order valence-electron chi connectivity index (χ0n) is 9.54. The summed E-state index contributed by atoms with van der Waals surface area (Å²) < 4.78 is 5.61. The van der Waals surface area contributed by atoms with Gasteiger partial charge in [0.15, 0.2) is 0 Å². The summed E-state index contributed by atoms with van der Waals surface area (Å²) in [5, 5.41) is 10.7. The zero-order chi connectivity index (χ0) is 12.1. The van der Waals surface area contributed by atoms with Crippen molar-refractivity contribution >= 4 is 0 Å². The molecular formula is C13H15NO3. The van der Waals surface area contributed by atoms with E-state index in [1.165, 1.54) is 0 Å². The number of hydrogen-bond acceptors (Lipinski definition) is 3. The average molecular weight is 233 g/mol. The van der Waals surface area contributed by atoms with Gasteiger partial charge in [0.05, 0.1) is 5.92 Å². The van der Waals surface area contributed by atoms with Gasteiger partial charge in [0.1, 0.15) is 12.4 Å². The molecule has 1 atom stereocenters. The molecule has 1 aliphatic rings. The number of fused-ring (bicyclic) bond motifs is 1. The van der Waals surface area contributed by atoms with Gasteiger partial charge in [0.2, 0.25) is 6.54 Å². The van der Waals surface area contributed by atoms with Crippen LogP contribution in [0, 0.1) is 10.1 Å². The molecule has 0 aliphatic carbocycles. The van der Waals surface area contributed by atoms with Gasteiger partial charge in [0, 0.05) is 10.5 Å². The fraction of sp³-hybridized carbons (Fsp3) is 0.385. The minimum absolute atomic E-state index is 0.0335. The number of allylic oxidation sites excluding steroid dienone is 1. The molecule has 0 radical (unpaired) electrons. The summed E-state index contributed by atoms with van der Waals surface area (Å²) in [4.78, 5) is 10.5. The second-order valence-electron chi connectivity index (χ2n) is 4.11. The van der Waals surface area contributed by atoms with Crippen LogP contribution in [0.15, 0.2) is 36.4 Å². The van der Waals surface area contributed by atoms with Crippen molar-refractivity contribution in [3.05, 3.63) is 52.1 Å². The minimum Gasteiger partial charge on any atom is -0.489 e. The van der Waals surface area contributed by atoms with Gasteiger partial charge in [-0.2, -0.15) is 0 Å². The van der Waals surface area contributed by atoms with Gasteiger partial charge in [-0.05, 0) is 18.9 Å². The summed E-state index contributed by atoms with van der Waals surface area (Å²) in [6, 6.07) is 7.60. The Hall–Kier alpha value is -1.84. The van der Waals surface area contributed by atoms with Crippen molar-refractivity contribution in [3.63, 3.8) is 0 Å². The van der Waals surface area contributed by atoms with E-state index in [0.29, 0.717) is 6.61 Å². The topological polar surface area (TPSA) is 52.4 Å². The van der Waals surface area contributed by atoms with E-state index >= 15 is 0 Å². The molecule has 0 aromatic heterocycles. The van der Waals surface area contributed by atoms with E-state index in [2.05, 4.69) is 0 Å². The molecule has 4 heteroatoms. The smallest absolute Gasteiger partial charge is 0.210 e. The Morgan fingerprint density at radius 3 is 3.00 bits per heavy atom. The van der Waals surface area contributed by atoms with E-state index in [-0.39, 0.29) is 17.4 Å². The summed E-state index contributed by atoms with van der Waals surface area (Å²) in [5.41, 5.74) is 0.952. The molecule has 0 saturated heterocycles. The molecule has 0 fully saturated rings. The van der Waals surface area contributed by atoms with E-state index in [4.69, 9.17) is 4.74 Å². The van der Waals surface area contributed by atoms with Crippen molar-refractivity contribution in [3.8, 4) is 5.75 Å². The summed E-state index contributed by atoms with van der Waals surface area (Å²) >= 11 is 0. The summed E-state index contributed by atoms with van der Waals surface area (Å²) in [6.45, 7) is 0.496. The molecule has 0 N–H and O–H groups in total. The molecule has 0 bridgehead atoms. The molecule has 90 valence electrons. The highest BCUT2D eigenvalue weighted by molar-refractivity contribution is 5.36. The SMILES string of the molecule is O=[N+]([O-])CC1CC/C=C\COc2ccccc21. The summed E-state index contributed by atoms with van der Waals surface area (Å²) in [6.07, 6.45) is 5.64. The average Bonchev–Trinajstić information content (AvgIpc) is 2.40. The molecule has 1 aliphatic heterocycles. The van der Waals surface area contributed by atoms with E-state index in [9.17, 15) is 10.1 Å². The van der Waals surface area contributed by atoms with Crippen molar-refractivity contribution < 1.29 is 9.66 Å². The number of rotatable bonds is 2. The van der Waals surface area contributed by atoms with Crippen LogP contribution in [0.2, 0.25) is 0 Å². The third-order valence-corrected chi connectivity index (χ3v) is 2.91. The number of hydrogen-bond donors (Lipinski definition) is 0. The fourth-order valence-corrected chi connectivity index (χ4v) is 2.10. The third kappa shape index (κ3) is 3.06. The van der Waals surface area contributed by atoms with Crippen molar-refractivity contribution in [2.45, 2.75) is 18.8 Å². The van der Waals surface area contributed by atoms with Crippen LogP contribution in [-0.4, -0.2) is 18.1 Å². The van der Waals surface area contributed by atoms with Gasteiger partial charge in [-0.25, -0.2) is 0 Å². The van der Waals surface area contributed by atoms with Crippen molar-refractivity contribution in [1.29, 1.82) is 0 Å². The Kier molecular flexibility index (Phi) is 3.75. The lowest BCUT2D eigenvalue weighted by atomic mass is 9.93. The quantitative estimate of drug-likeness (QED) is 0.448. The number of para-hydroxylation sites is 1. The minimum atomic E-state index is -0.247.